The lowest BCUT2D eigenvalue weighted by molar-refractivity contribution is -0.118. The second-order valence-corrected chi connectivity index (χ2v) is 6.45. The number of carbonyl (C=O) groups is 1. The van der Waals surface area contributed by atoms with Crippen molar-refractivity contribution in [3.05, 3.63) is 41.7 Å². The smallest absolute Gasteiger partial charge is 0.216 e. The van der Waals surface area contributed by atoms with Crippen LogP contribution in [0.25, 0.3) is 5.69 Å². The first-order valence-corrected chi connectivity index (χ1v) is 8.67. The number of rotatable bonds is 8. The zero-order valence-electron chi connectivity index (χ0n) is 13.6. The normalized spacial score (nSPS) is 10.5. The quantitative estimate of drug-likeness (QED) is 0.727. The van der Waals surface area contributed by atoms with E-state index in [0.717, 1.165) is 22.4 Å². The largest absolute Gasteiger partial charge is 0.497 e. The maximum absolute atomic E-state index is 11.0. The van der Waals surface area contributed by atoms with E-state index in [1.54, 1.807) is 7.11 Å². The minimum Gasteiger partial charge on any atom is -0.497 e. The Morgan fingerprint density at radius 3 is 2.67 bits per heavy atom. The first-order chi connectivity index (χ1) is 11.5. The van der Waals surface area contributed by atoms with Gasteiger partial charge in [0, 0.05) is 36.4 Å². The molecular formula is C16H19ClN4O2S. The van der Waals surface area contributed by atoms with E-state index in [1.165, 1.54) is 18.7 Å². The third-order valence-electron chi connectivity index (χ3n) is 3.11. The van der Waals surface area contributed by atoms with Crippen LogP contribution in [0.3, 0.4) is 0 Å². The Hall–Kier alpha value is -1.99. The average molecular weight is 367 g/mol. The molecule has 1 aromatic carbocycles. The summed E-state index contributed by atoms with van der Waals surface area (Å²) in [6.45, 7) is 5.68. The number of nitrogens with one attached hydrogen (secondary N) is 1. The van der Waals surface area contributed by atoms with Gasteiger partial charge in [-0.1, -0.05) is 29.9 Å². The molecule has 128 valence electrons. The highest BCUT2D eigenvalue weighted by molar-refractivity contribution is 7.99. The Labute approximate surface area is 150 Å². The number of halogens is 1. The molecule has 0 aliphatic carbocycles. The number of nitrogens with zero attached hydrogens (tertiary/aromatic N) is 3. The first-order valence-electron chi connectivity index (χ1n) is 7.30. The van der Waals surface area contributed by atoms with Crippen molar-refractivity contribution in [1.29, 1.82) is 0 Å². The molecule has 0 unspecified atom stereocenters. The highest BCUT2D eigenvalue weighted by Crippen LogP contribution is 2.25. The molecule has 1 aromatic heterocycles. The summed E-state index contributed by atoms with van der Waals surface area (Å²) < 4.78 is 7.15. The van der Waals surface area contributed by atoms with Gasteiger partial charge in [-0.2, -0.15) is 0 Å². The number of hydrogen-bond donors (Lipinski definition) is 1. The van der Waals surface area contributed by atoms with Gasteiger partial charge in [-0.25, -0.2) is 0 Å². The van der Waals surface area contributed by atoms with Crippen LogP contribution in [-0.2, 0) is 11.2 Å². The van der Waals surface area contributed by atoms with Crippen molar-refractivity contribution in [2.24, 2.45) is 0 Å². The predicted molar refractivity (Wildman–Crippen MR) is 96.0 cm³/mol. The molecule has 0 saturated heterocycles. The van der Waals surface area contributed by atoms with Gasteiger partial charge in [0.05, 0.1) is 7.11 Å². The summed E-state index contributed by atoms with van der Waals surface area (Å²) in [7, 11) is 1.62. The van der Waals surface area contributed by atoms with Crippen molar-refractivity contribution in [3.8, 4) is 11.4 Å². The van der Waals surface area contributed by atoms with Crippen LogP contribution in [0.5, 0.6) is 5.75 Å². The molecule has 0 fully saturated rings. The lowest BCUT2D eigenvalue weighted by Gasteiger charge is -2.11. The number of ether oxygens (including phenoxy) is 1. The number of thioether (sulfide) groups is 1. The Balaban J connectivity index is 2.29. The van der Waals surface area contributed by atoms with E-state index in [1.807, 2.05) is 28.8 Å². The minimum absolute atomic E-state index is 0.0708. The molecule has 1 N–H and O–H groups in total. The SMILES string of the molecule is C=C(Cl)CSc1nnc(CCNC(C)=O)n1-c1ccc(OC)cc1. The third kappa shape index (κ3) is 5.01. The van der Waals surface area contributed by atoms with Crippen molar-refractivity contribution in [2.45, 2.75) is 18.5 Å². The summed E-state index contributed by atoms with van der Waals surface area (Å²) in [5, 5.41) is 12.5. The number of aromatic nitrogens is 3. The van der Waals surface area contributed by atoms with E-state index in [0.29, 0.717) is 23.8 Å². The summed E-state index contributed by atoms with van der Waals surface area (Å²) in [5.74, 6) is 2.01. The molecule has 0 aliphatic rings. The van der Waals surface area contributed by atoms with E-state index in [4.69, 9.17) is 16.3 Å². The van der Waals surface area contributed by atoms with Crippen molar-refractivity contribution in [2.75, 3.05) is 19.4 Å². The van der Waals surface area contributed by atoms with Gasteiger partial charge in [0.25, 0.3) is 0 Å². The molecule has 1 amide bonds. The number of benzene rings is 1. The van der Waals surface area contributed by atoms with Gasteiger partial charge < -0.3 is 10.1 Å². The van der Waals surface area contributed by atoms with Gasteiger partial charge in [-0.05, 0) is 24.3 Å². The summed E-state index contributed by atoms with van der Waals surface area (Å²) >= 11 is 7.31. The molecule has 6 nitrogen and oxygen atoms in total. The van der Waals surface area contributed by atoms with Crippen molar-refractivity contribution in [3.63, 3.8) is 0 Å². The topological polar surface area (TPSA) is 69.0 Å². The first kappa shape index (κ1) is 18.4. The second kappa shape index (κ2) is 8.75. The van der Waals surface area contributed by atoms with Crippen molar-refractivity contribution in [1.82, 2.24) is 20.1 Å². The molecule has 0 radical (unpaired) electrons. The van der Waals surface area contributed by atoms with Gasteiger partial charge in [0.15, 0.2) is 5.16 Å². The lowest BCUT2D eigenvalue weighted by Crippen LogP contribution is -2.23. The van der Waals surface area contributed by atoms with E-state index in [2.05, 4.69) is 22.1 Å². The maximum atomic E-state index is 11.0. The van der Waals surface area contributed by atoms with Gasteiger partial charge >= 0.3 is 0 Å². The third-order valence-corrected chi connectivity index (χ3v) is 4.42. The average Bonchev–Trinajstić information content (AvgIpc) is 2.95. The molecule has 8 heteroatoms. The zero-order valence-corrected chi connectivity index (χ0v) is 15.2. The number of hydrogen-bond acceptors (Lipinski definition) is 5. The summed E-state index contributed by atoms with van der Waals surface area (Å²) in [6.07, 6.45) is 0.570. The fraction of sp³-hybridized carbons (Fsp3) is 0.312. The predicted octanol–water partition coefficient (Wildman–Crippen LogP) is 2.80. The van der Waals surface area contributed by atoms with E-state index in [9.17, 15) is 4.79 Å². The van der Waals surface area contributed by atoms with Gasteiger partial charge in [-0.3, -0.25) is 9.36 Å². The van der Waals surface area contributed by atoms with Crippen LogP contribution < -0.4 is 10.1 Å². The van der Waals surface area contributed by atoms with Crippen LogP contribution in [0.2, 0.25) is 0 Å². The number of methoxy groups -OCH3 is 1. The van der Waals surface area contributed by atoms with Gasteiger partial charge in [0.1, 0.15) is 11.6 Å². The van der Waals surface area contributed by atoms with E-state index < -0.39 is 0 Å². The monoisotopic (exact) mass is 366 g/mol. The minimum atomic E-state index is -0.0708. The highest BCUT2D eigenvalue weighted by Gasteiger charge is 2.15. The Bertz CT molecular complexity index is 715. The fourth-order valence-electron chi connectivity index (χ4n) is 2.04. The van der Waals surface area contributed by atoms with E-state index >= 15 is 0 Å². The zero-order chi connectivity index (χ0) is 17.5. The molecule has 1 heterocycles. The lowest BCUT2D eigenvalue weighted by atomic mass is 10.3. The standard InChI is InChI=1S/C16H19ClN4O2S/c1-11(17)10-24-16-20-19-15(8-9-18-12(2)22)21(16)13-4-6-14(23-3)7-5-13/h4-7H,1,8-10H2,2-3H3,(H,18,22). The van der Waals surface area contributed by atoms with Crippen LogP contribution in [0, 0.1) is 0 Å². The molecule has 0 spiro atoms. The summed E-state index contributed by atoms with van der Waals surface area (Å²) in [6, 6.07) is 7.62. The maximum Gasteiger partial charge on any atom is 0.216 e. The summed E-state index contributed by atoms with van der Waals surface area (Å²) in [4.78, 5) is 11.0. The highest BCUT2D eigenvalue weighted by atomic mass is 35.5. The molecule has 0 bridgehead atoms. The van der Waals surface area contributed by atoms with Crippen LogP contribution in [0.4, 0.5) is 0 Å². The summed E-state index contributed by atoms with van der Waals surface area (Å²) in [5.41, 5.74) is 0.918. The van der Waals surface area contributed by atoms with Crippen LogP contribution in [-0.4, -0.2) is 40.1 Å². The number of amides is 1. The van der Waals surface area contributed by atoms with Crippen LogP contribution in [0.1, 0.15) is 12.7 Å². The number of carbonyl (C=O) groups excluding carboxylic acids is 1. The Morgan fingerprint density at radius 1 is 1.38 bits per heavy atom. The molecule has 2 rings (SSSR count). The molecule has 24 heavy (non-hydrogen) atoms. The fourth-order valence-corrected chi connectivity index (χ4v) is 2.93. The van der Waals surface area contributed by atoms with Crippen molar-refractivity contribution < 1.29 is 9.53 Å². The van der Waals surface area contributed by atoms with Gasteiger partial charge in [0.2, 0.25) is 5.91 Å². The molecule has 2 aromatic rings. The molecule has 0 atom stereocenters. The van der Waals surface area contributed by atoms with Crippen LogP contribution >= 0.6 is 23.4 Å². The van der Waals surface area contributed by atoms with E-state index in [-0.39, 0.29) is 5.91 Å². The van der Waals surface area contributed by atoms with Crippen LogP contribution in [0.15, 0.2) is 41.0 Å². The second-order valence-electron chi connectivity index (χ2n) is 4.97. The Morgan fingerprint density at radius 2 is 2.08 bits per heavy atom. The molecule has 0 saturated carbocycles. The Kier molecular flexibility index (Phi) is 6.69. The molecular weight excluding hydrogens is 348 g/mol. The van der Waals surface area contributed by atoms with Gasteiger partial charge in [-0.15, -0.1) is 10.2 Å². The van der Waals surface area contributed by atoms with Crippen molar-refractivity contribution >= 4 is 29.3 Å². The molecule has 0 aliphatic heterocycles.